The number of carbonyl (C=O) groups excluding carboxylic acids is 1. The average molecular weight is 290 g/mol. The van der Waals surface area contributed by atoms with Gasteiger partial charge in [-0.25, -0.2) is 10.8 Å². The standard InChI is InChI=1S/C13H14N4O2S/c1-8-6-11(18)16-13(15-8)20-7-9-2-4-10(5-3-9)12(19)17-14/h2-6H,7,14H2,1H3,(H,17,19)(H,15,16,18). The molecule has 0 radical (unpaired) electrons. The van der Waals surface area contributed by atoms with Gasteiger partial charge in [-0.05, 0) is 24.6 Å². The molecule has 0 saturated carbocycles. The molecule has 1 heterocycles. The SMILES string of the molecule is Cc1cc(=O)[nH]c(SCc2ccc(C(=O)NN)cc2)n1. The number of rotatable bonds is 4. The zero-order valence-electron chi connectivity index (χ0n) is 10.8. The van der Waals surface area contributed by atoms with Gasteiger partial charge < -0.3 is 4.98 Å². The quantitative estimate of drug-likeness (QED) is 0.256. The molecule has 104 valence electrons. The monoisotopic (exact) mass is 290 g/mol. The highest BCUT2D eigenvalue weighted by atomic mass is 32.2. The molecule has 20 heavy (non-hydrogen) atoms. The van der Waals surface area contributed by atoms with Crippen LogP contribution in [-0.4, -0.2) is 15.9 Å². The molecule has 0 spiro atoms. The van der Waals surface area contributed by atoms with Crippen molar-refractivity contribution in [3.05, 3.63) is 57.5 Å². The van der Waals surface area contributed by atoms with Gasteiger partial charge in [0.15, 0.2) is 5.16 Å². The van der Waals surface area contributed by atoms with E-state index in [2.05, 4.69) is 15.4 Å². The topological polar surface area (TPSA) is 101 Å². The summed E-state index contributed by atoms with van der Waals surface area (Å²) in [5.41, 5.74) is 4.13. The van der Waals surface area contributed by atoms with Gasteiger partial charge in [0.25, 0.3) is 11.5 Å². The number of H-pyrrole nitrogens is 1. The minimum Gasteiger partial charge on any atom is -0.301 e. The lowest BCUT2D eigenvalue weighted by Gasteiger charge is -2.04. The lowest BCUT2D eigenvalue weighted by atomic mass is 10.1. The summed E-state index contributed by atoms with van der Waals surface area (Å²) < 4.78 is 0. The molecule has 2 rings (SSSR count). The average Bonchev–Trinajstić information content (AvgIpc) is 2.44. The van der Waals surface area contributed by atoms with Crippen LogP contribution in [0.25, 0.3) is 0 Å². The van der Waals surface area contributed by atoms with Gasteiger partial charge in [0.2, 0.25) is 0 Å². The molecule has 0 bridgehead atoms. The van der Waals surface area contributed by atoms with Gasteiger partial charge >= 0.3 is 0 Å². The Hall–Kier alpha value is -2.12. The largest absolute Gasteiger partial charge is 0.301 e. The third kappa shape index (κ3) is 3.69. The number of hydrazine groups is 1. The predicted molar refractivity (Wildman–Crippen MR) is 77.3 cm³/mol. The van der Waals surface area contributed by atoms with Crippen molar-refractivity contribution in [2.45, 2.75) is 17.8 Å². The van der Waals surface area contributed by atoms with Crippen molar-refractivity contribution in [1.29, 1.82) is 0 Å². The van der Waals surface area contributed by atoms with Crippen molar-refractivity contribution in [2.24, 2.45) is 5.84 Å². The maximum Gasteiger partial charge on any atom is 0.265 e. The lowest BCUT2D eigenvalue weighted by molar-refractivity contribution is 0.0953. The molecule has 0 aliphatic heterocycles. The number of nitrogen functional groups attached to an aromatic ring is 1. The van der Waals surface area contributed by atoms with Gasteiger partial charge in [0.05, 0.1) is 0 Å². The number of nitrogens with two attached hydrogens (primary N) is 1. The van der Waals surface area contributed by atoms with Crippen molar-refractivity contribution >= 4 is 17.7 Å². The summed E-state index contributed by atoms with van der Waals surface area (Å²) in [6.45, 7) is 1.78. The maximum atomic E-state index is 11.3. The first kappa shape index (κ1) is 14.3. The van der Waals surface area contributed by atoms with Crippen LogP contribution < -0.4 is 16.8 Å². The minimum atomic E-state index is -0.325. The van der Waals surface area contributed by atoms with Crippen molar-refractivity contribution in [3.8, 4) is 0 Å². The van der Waals surface area contributed by atoms with Gasteiger partial charge in [-0.15, -0.1) is 0 Å². The van der Waals surface area contributed by atoms with Crippen LogP contribution >= 0.6 is 11.8 Å². The van der Waals surface area contributed by atoms with Crippen LogP contribution in [0.15, 0.2) is 40.3 Å². The molecule has 0 unspecified atom stereocenters. The van der Waals surface area contributed by atoms with E-state index in [1.54, 1.807) is 19.1 Å². The molecule has 2 aromatic rings. The molecule has 0 aliphatic rings. The third-order valence-corrected chi connectivity index (χ3v) is 3.52. The first-order chi connectivity index (χ1) is 9.58. The van der Waals surface area contributed by atoms with E-state index < -0.39 is 0 Å². The zero-order chi connectivity index (χ0) is 14.5. The molecule has 4 N–H and O–H groups in total. The van der Waals surface area contributed by atoms with Gasteiger partial charge in [-0.3, -0.25) is 15.0 Å². The van der Waals surface area contributed by atoms with Crippen LogP contribution in [0.5, 0.6) is 0 Å². The molecule has 1 aromatic carbocycles. The number of aryl methyl sites for hydroxylation is 1. The Balaban J connectivity index is 2.03. The van der Waals surface area contributed by atoms with Gasteiger partial charge in [-0.1, -0.05) is 23.9 Å². The molecule has 6 nitrogen and oxygen atoms in total. The summed E-state index contributed by atoms with van der Waals surface area (Å²) in [5, 5.41) is 0.582. The summed E-state index contributed by atoms with van der Waals surface area (Å²) in [4.78, 5) is 29.5. The second-order valence-corrected chi connectivity index (χ2v) is 5.12. The van der Waals surface area contributed by atoms with Crippen molar-refractivity contribution in [2.75, 3.05) is 0 Å². The summed E-state index contributed by atoms with van der Waals surface area (Å²) in [5.74, 6) is 5.38. The van der Waals surface area contributed by atoms with Crippen molar-refractivity contribution in [3.63, 3.8) is 0 Å². The fraction of sp³-hybridized carbons (Fsp3) is 0.154. The van der Waals surface area contributed by atoms with E-state index in [-0.39, 0.29) is 11.5 Å². The van der Waals surface area contributed by atoms with Gasteiger partial charge in [-0.2, -0.15) is 0 Å². The number of hydrogen-bond acceptors (Lipinski definition) is 5. The smallest absolute Gasteiger partial charge is 0.265 e. The molecule has 0 saturated heterocycles. The van der Waals surface area contributed by atoms with E-state index in [9.17, 15) is 9.59 Å². The van der Waals surface area contributed by atoms with Crippen LogP contribution in [0.3, 0.4) is 0 Å². The third-order valence-electron chi connectivity index (χ3n) is 2.57. The minimum absolute atomic E-state index is 0.157. The Labute approximate surface area is 119 Å². The van der Waals surface area contributed by atoms with E-state index >= 15 is 0 Å². The summed E-state index contributed by atoms with van der Waals surface area (Å²) in [6.07, 6.45) is 0. The zero-order valence-corrected chi connectivity index (χ0v) is 11.7. The Morgan fingerprint density at radius 2 is 2.10 bits per heavy atom. The Morgan fingerprint density at radius 1 is 1.40 bits per heavy atom. The van der Waals surface area contributed by atoms with Gasteiger partial charge in [0.1, 0.15) is 0 Å². The summed E-state index contributed by atoms with van der Waals surface area (Å²) in [6, 6.07) is 8.52. The number of aromatic nitrogens is 2. The maximum absolute atomic E-state index is 11.3. The molecular weight excluding hydrogens is 276 g/mol. The molecular formula is C13H14N4O2S. The number of hydrogen-bond donors (Lipinski definition) is 3. The molecule has 0 atom stereocenters. The van der Waals surface area contributed by atoms with Crippen molar-refractivity contribution in [1.82, 2.24) is 15.4 Å². The molecule has 1 aromatic heterocycles. The number of thioether (sulfide) groups is 1. The van der Waals surface area contributed by atoms with E-state index in [0.717, 1.165) is 5.56 Å². The molecule has 0 fully saturated rings. The number of aromatic amines is 1. The van der Waals surface area contributed by atoms with Crippen LogP contribution in [0, 0.1) is 6.92 Å². The van der Waals surface area contributed by atoms with Crippen LogP contribution in [-0.2, 0) is 5.75 Å². The Kier molecular flexibility index (Phi) is 4.54. The van der Waals surface area contributed by atoms with Crippen LogP contribution in [0.2, 0.25) is 0 Å². The van der Waals surface area contributed by atoms with Gasteiger partial charge in [0, 0.05) is 23.1 Å². The predicted octanol–water partition coefficient (Wildman–Crippen LogP) is 0.974. The number of nitrogens with zero attached hydrogens (tertiary/aromatic N) is 1. The Morgan fingerprint density at radius 3 is 2.70 bits per heavy atom. The first-order valence-corrected chi connectivity index (χ1v) is 6.87. The van der Waals surface area contributed by atoms with E-state index in [1.165, 1.54) is 17.8 Å². The highest BCUT2D eigenvalue weighted by Gasteiger charge is 2.04. The highest BCUT2D eigenvalue weighted by molar-refractivity contribution is 7.98. The van der Waals surface area contributed by atoms with E-state index in [1.807, 2.05) is 12.1 Å². The van der Waals surface area contributed by atoms with E-state index in [4.69, 9.17) is 5.84 Å². The fourth-order valence-electron chi connectivity index (χ4n) is 1.61. The number of amides is 1. The second kappa shape index (κ2) is 6.36. The number of nitrogens with one attached hydrogen (secondary N) is 2. The number of benzene rings is 1. The molecule has 0 aliphatic carbocycles. The number of carbonyl (C=O) groups is 1. The normalized spacial score (nSPS) is 10.3. The first-order valence-electron chi connectivity index (χ1n) is 5.89. The van der Waals surface area contributed by atoms with Crippen LogP contribution in [0.1, 0.15) is 21.6 Å². The second-order valence-electron chi connectivity index (χ2n) is 4.15. The summed E-state index contributed by atoms with van der Waals surface area (Å²) >= 11 is 1.43. The van der Waals surface area contributed by atoms with E-state index in [0.29, 0.717) is 22.2 Å². The highest BCUT2D eigenvalue weighted by Crippen LogP contribution is 2.18. The Bertz CT molecular complexity index is 667. The lowest BCUT2D eigenvalue weighted by Crippen LogP contribution is -2.29. The van der Waals surface area contributed by atoms with Crippen LogP contribution in [0.4, 0.5) is 0 Å². The fourth-order valence-corrected chi connectivity index (χ4v) is 2.48. The summed E-state index contributed by atoms with van der Waals surface area (Å²) in [7, 11) is 0. The molecule has 1 amide bonds. The molecule has 7 heteroatoms. The van der Waals surface area contributed by atoms with Crippen molar-refractivity contribution < 1.29 is 4.79 Å².